The van der Waals surface area contributed by atoms with E-state index in [1.54, 1.807) is 18.2 Å². The lowest BCUT2D eigenvalue weighted by Gasteiger charge is -2.08. The van der Waals surface area contributed by atoms with E-state index in [4.69, 9.17) is 14.9 Å². The number of rotatable bonds is 4. The molecule has 1 aromatic heterocycles. The molecule has 1 atom stereocenters. The molecular weight excluding hydrogens is 234 g/mol. The summed E-state index contributed by atoms with van der Waals surface area (Å²) in [6, 6.07) is 5.91. The standard InChI is InChI=1S/C13H13NO4/c1-17-10-2-3-11-8(4-9(14)7-15)5-13(16)18-12(11)6-10/h2-3,5-7,9H,4,14H2,1H3/t9-/m0/s1. The van der Waals surface area contributed by atoms with E-state index in [2.05, 4.69) is 0 Å². The molecule has 0 saturated heterocycles. The van der Waals surface area contributed by atoms with Crippen LogP contribution in [-0.4, -0.2) is 19.4 Å². The summed E-state index contributed by atoms with van der Waals surface area (Å²) in [4.78, 5) is 22.0. The van der Waals surface area contributed by atoms with Crippen LogP contribution in [0.5, 0.6) is 5.75 Å². The van der Waals surface area contributed by atoms with Crippen molar-refractivity contribution in [2.24, 2.45) is 5.73 Å². The van der Waals surface area contributed by atoms with Gasteiger partial charge in [0.25, 0.3) is 0 Å². The molecule has 94 valence electrons. The van der Waals surface area contributed by atoms with Gasteiger partial charge in [-0.05, 0) is 24.1 Å². The summed E-state index contributed by atoms with van der Waals surface area (Å²) in [5.41, 5.74) is 6.23. The zero-order chi connectivity index (χ0) is 13.1. The minimum absolute atomic E-state index is 0.304. The highest BCUT2D eigenvalue weighted by atomic mass is 16.5. The van der Waals surface area contributed by atoms with Gasteiger partial charge in [-0.3, -0.25) is 0 Å². The first-order valence-corrected chi connectivity index (χ1v) is 5.45. The highest BCUT2D eigenvalue weighted by Gasteiger charge is 2.10. The minimum Gasteiger partial charge on any atom is -0.497 e. The zero-order valence-electron chi connectivity index (χ0n) is 9.88. The number of carbonyl (C=O) groups is 1. The molecule has 1 aromatic carbocycles. The van der Waals surface area contributed by atoms with Crippen LogP contribution < -0.4 is 16.1 Å². The van der Waals surface area contributed by atoms with E-state index in [0.717, 1.165) is 5.39 Å². The van der Waals surface area contributed by atoms with Crippen LogP contribution in [0, 0.1) is 0 Å². The second kappa shape index (κ2) is 5.01. The molecule has 0 fully saturated rings. The highest BCUT2D eigenvalue weighted by Crippen LogP contribution is 2.22. The number of benzene rings is 1. The summed E-state index contributed by atoms with van der Waals surface area (Å²) in [7, 11) is 1.53. The van der Waals surface area contributed by atoms with E-state index in [-0.39, 0.29) is 0 Å². The Hall–Kier alpha value is -2.14. The summed E-state index contributed by atoms with van der Waals surface area (Å²) >= 11 is 0. The Morgan fingerprint density at radius 2 is 2.22 bits per heavy atom. The molecule has 2 aromatic rings. The van der Waals surface area contributed by atoms with Crippen molar-refractivity contribution in [2.45, 2.75) is 12.5 Å². The lowest BCUT2D eigenvalue weighted by molar-refractivity contribution is -0.108. The molecule has 5 heteroatoms. The van der Waals surface area contributed by atoms with Gasteiger partial charge in [-0.15, -0.1) is 0 Å². The molecule has 2 N–H and O–H groups in total. The van der Waals surface area contributed by atoms with Crippen LogP contribution >= 0.6 is 0 Å². The average molecular weight is 247 g/mol. The Balaban J connectivity index is 2.58. The number of carbonyl (C=O) groups excluding carboxylic acids is 1. The molecule has 18 heavy (non-hydrogen) atoms. The summed E-state index contributed by atoms with van der Waals surface area (Å²) in [5, 5.41) is 0.757. The van der Waals surface area contributed by atoms with Crippen LogP contribution in [-0.2, 0) is 11.2 Å². The number of methoxy groups -OCH3 is 1. The minimum atomic E-state index is -0.628. The lowest BCUT2D eigenvalue weighted by Crippen LogP contribution is -2.24. The van der Waals surface area contributed by atoms with Crippen molar-refractivity contribution < 1.29 is 13.9 Å². The number of hydrogen-bond acceptors (Lipinski definition) is 5. The Morgan fingerprint density at radius 3 is 2.89 bits per heavy atom. The maximum absolute atomic E-state index is 11.4. The molecule has 0 aliphatic carbocycles. The number of fused-ring (bicyclic) bond motifs is 1. The van der Waals surface area contributed by atoms with Crippen LogP contribution in [0.15, 0.2) is 33.5 Å². The first-order chi connectivity index (χ1) is 8.63. The Kier molecular flexibility index (Phi) is 3.43. The summed E-state index contributed by atoms with van der Waals surface area (Å²) in [5.74, 6) is 0.600. The molecular formula is C13H13NO4. The zero-order valence-corrected chi connectivity index (χ0v) is 9.88. The van der Waals surface area contributed by atoms with Crippen molar-refractivity contribution in [3.8, 4) is 5.75 Å². The fraction of sp³-hybridized carbons (Fsp3) is 0.231. The summed E-state index contributed by atoms with van der Waals surface area (Å²) in [6.45, 7) is 0. The fourth-order valence-corrected chi connectivity index (χ4v) is 1.81. The Morgan fingerprint density at radius 1 is 1.44 bits per heavy atom. The van der Waals surface area contributed by atoms with Crippen molar-refractivity contribution in [3.63, 3.8) is 0 Å². The molecule has 0 unspecified atom stereocenters. The van der Waals surface area contributed by atoms with Gasteiger partial charge >= 0.3 is 5.63 Å². The van der Waals surface area contributed by atoms with E-state index < -0.39 is 11.7 Å². The normalized spacial score (nSPS) is 12.3. The van der Waals surface area contributed by atoms with Crippen LogP contribution in [0.25, 0.3) is 11.0 Å². The van der Waals surface area contributed by atoms with Crippen molar-refractivity contribution >= 4 is 17.3 Å². The second-order valence-electron chi connectivity index (χ2n) is 3.96. The maximum Gasteiger partial charge on any atom is 0.336 e. The molecule has 2 rings (SSSR count). The number of ether oxygens (including phenoxy) is 1. The van der Waals surface area contributed by atoms with Crippen LogP contribution in [0.2, 0.25) is 0 Å². The first-order valence-electron chi connectivity index (χ1n) is 5.45. The molecule has 0 spiro atoms. The quantitative estimate of drug-likeness (QED) is 0.640. The van der Waals surface area contributed by atoms with Gasteiger partial charge in [0.1, 0.15) is 17.6 Å². The SMILES string of the molecule is COc1ccc2c(C[C@H](N)C=O)cc(=O)oc2c1. The third-order valence-corrected chi connectivity index (χ3v) is 2.67. The third kappa shape index (κ3) is 2.41. The van der Waals surface area contributed by atoms with Crippen LogP contribution in [0.1, 0.15) is 5.56 Å². The molecule has 0 amide bonds. The smallest absolute Gasteiger partial charge is 0.336 e. The van der Waals surface area contributed by atoms with E-state index in [0.29, 0.717) is 29.6 Å². The fourth-order valence-electron chi connectivity index (χ4n) is 1.81. The topological polar surface area (TPSA) is 82.5 Å². The van der Waals surface area contributed by atoms with Gasteiger partial charge < -0.3 is 19.7 Å². The molecule has 1 heterocycles. The molecule has 0 aliphatic rings. The second-order valence-corrected chi connectivity index (χ2v) is 3.96. The largest absolute Gasteiger partial charge is 0.497 e. The van der Waals surface area contributed by atoms with Gasteiger partial charge in [0, 0.05) is 17.5 Å². The third-order valence-electron chi connectivity index (χ3n) is 2.67. The monoisotopic (exact) mass is 247 g/mol. The first kappa shape index (κ1) is 12.3. The highest BCUT2D eigenvalue weighted by molar-refractivity contribution is 5.82. The molecule has 5 nitrogen and oxygen atoms in total. The van der Waals surface area contributed by atoms with Gasteiger partial charge in [0.2, 0.25) is 0 Å². The van der Waals surface area contributed by atoms with Crippen molar-refractivity contribution in [2.75, 3.05) is 7.11 Å². The number of nitrogens with two attached hydrogens (primary N) is 1. The van der Waals surface area contributed by atoms with Gasteiger partial charge in [0.15, 0.2) is 0 Å². The molecule has 0 saturated carbocycles. The maximum atomic E-state index is 11.4. The van der Waals surface area contributed by atoms with E-state index in [1.807, 2.05) is 0 Å². The van der Waals surface area contributed by atoms with Crippen LogP contribution in [0.3, 0.4) is 0 Å². The van der Waals surface area contributed by atoms with Crippen molar-refractivity contribution in [1.29, 1.82) is 0 Å². The van der Waals surface area contributed by atoms with E-state index >= 15 is 0 Å². The summed E-state index contributed by atoms with van der Waals surface area (Å²) in [6.07, 6.45) is 0.960. The van der Waals surface area contributed by atoms with Gasteiger partial charge in [-0.1, -0.05) is 0 Å². The Bertz CT molecular complexity index is 632. The number of aldehydes is 1. The van der Waals surface area contributed by atoms with Gasteiger partial charge in [-0.2, -0.15) is 0 Å². The van der Waals surface area contributed by atoms with Gasteiger partial charge in [-0.25, -0.2) is 4.79 Å². The Labute approximate surface area is 103 Å². The van der Waals surface area contributed by atoms with E-state index in [1.165, 1.54) is 13.2 Å². The van der Waals surface area contributed by atoms with Crippen LogP contribution in [0.4, 0.5) is 0 Å². The van der Waals surface area contributed by atoms with E-state index in [9.17, 15) is 9.59 Å². The van der Waals surface area contributed by atoms with Crippen molar-refractivity contribution in [3.05, 3.63) is 40.2 Å². The number of hydrogen-bond donors (Lipinski definition) is 1. The average Bonchev–Trinajstić information content (AvgIpc) is 2.37. The predicted molar refractivity (Wildman–Crippen MR) is 66.8 cm³/mol. The van der Waals surface area contributed by atoms with Crippen molar-refractivity contribution in [1.82, 2.24) is 0 Å². The molecule has 0 bridgehead atoms. The predicted octanol–water partition coefficient (Wildman–Crippen LogP) is 0.870. The molecule has 0 radical (unpaired) electrons. The lowest BCUT2D eigenvalue weighted by atomic mass is 10.0. The van der Waals surface area contributed by atoms with Gasteiger partial charge in [0.05, 0.1) is 13.2 Å². The summed E-state index contributed by atoms with van der Waals surface area (Å²) < 4.78 is 10.2. The molecule has 0 aliphatic heterocycles.